The third-order valence-corrected chi connectivity index (χ3v) is 5.14. The standard InChI is InChI=1S/C12H12N8O2S2/c1-6-8(15-19-20(6)10-9(13)17-22-18-10)11(21)16-14-5-7-3-4-24-12(7)23-2/h3-5H,1-2H3,(H2,13,17)(H,16,21)/b14-5+. The third-order valence-electron chi connectivity index (χ3n) is 3.02. The maximum atomic E-state index is 12.2. The van der Waals surface area contributed by atoms with Gasteiger partial charge in [0.2, 0.25) is 11.6 Å². The predicted octanol–water partition coefficient (Wildman–Crippen LogP) is 1.09. The molecular weight excluding hydrogens is 352 g/mol. The first kappa shape index (κ1) is 16.1. The van der Waals surface area contributed by atoms with Gasteiger partial charge >= 0.3 is 0 Å². The Kier molecular flexibility index (Phi) is 4.57. The molecule has 0 spiro atoms. The number of thiophene rings is 1. The summed E-state index contributed by atoms with van der Waals surface area (Å²) >= 11 is 3.23. The molecule has 3 heterocycles. The Morgan fingerprint density at radius 2 is 2.38 bits per heavy atom. The fraction of sp³-hybridized carbons (Fsp3) is 0.167. The lowest BCUT2D eigenvalue weighted by Crippen LogP contribution is -2.19. The summed E-state index contributed by atoms with van der Waals surface area (Å²) in [7, 11) is 0. The van der Waals surface area contributed by atoms with E-state index in [1.165, 1.54) is 4.68 Å². The van der Waals surface area contributed by atoms with E-state index in [4.69, 9.17) is 5.73 Å². The van der Waals surface area contributed by atoms with Gasteiger partial charge in [0.25, 0.3) is 5.91 Å². The molecule has 0 aliphatic heterocycles. The van der Waals surface area contributed by atoms with Crippen molar-refractivity contribution in [3.05, 3.63) is 28.4 Å². The van der Waals surface area contributed by atoms with Crippen LogP contribution in [0, 0.1) is 6.92 Å². The SMILES string of the molecule is CSc1sccc1/C=N/NC(=O)c1nnn(-c2nonc2N)c1C. The molecule has 0 fully saturated rings. The largest absolute Gasteiger partial charge is 0.378 e. The zero-order valence-electron chi connectivity index (χ0n) is 12.6. The molecule has 3 rings (SSSR count). The lowest BCUT2D eigenvalue weighted by Gasteiger charge is -1.99. The molecule has 0 aromatic carbocycles. The summed E-state index contributed by atoms with van der Waals surface area (Å²) in [5.74, 6) is -0.272. The molecule has 0 unspecified atom stereocenters. The van der Waals surface area contributed by atoms with Gasteiger partial charge in [0, 0.05) is 5.56 Å². The molecular formula is C12H12N8O2S2. The van der Waals surface area contributed by atoms with Crippen LogP contribution in [-0.4, -0.2) is 43.7 Å². The molecule has 0 atom stereocenters. The van der Waals surface area contributed by atoms with Gasteiger partial charge in [-0.3, -0.25) is 4.79 Å². The van der Waals surface area contributed by atoms with Crippen LogP contribution in [0.4, 0.5) is 5.82 Å². The van der Waals surface area contributed by atoms with Crippen LogP contribution in [0.15, 0.2) is 25.4 Å². The Bertz CT molecular complexity index is 897. The molecule has 3 aromatic rings. The number of anilines is 1. The van der Waals surface area contributed by atoms with Gasteiger partial charge in [-0.2, -0.15) is 9.78 Å². The van der Waals surface area contributed by atoms with Crippen molar-refractivity contribution in [2.75, 3.05) is 12.0 Å². The highest BCUT2D eigenvalue weighted by atomic mass is 32.2. The van der Waals surface area contributed by atoms with Crippen LogP contribution >= 0.6 is 23.1 Å². The second-order valence-electron chi connectivity index (χ2n) is 4.47. The van der Waals surface area contributed by atoms with Gasteiger partial charge in [-0.15, -0.1) is 28.2 Å². The molecule has 0 saturated heterocycles. The Balaban J connectivity index is 1.74. The first-order valence-corrected chi connectivity index (χ1v) is 8.68. The van der Waals surface area contributed by atoms with E-state index >= 15 is 0 Å². The van der Waals surface area contributed by atoms with E-state index in [0.29, 0.717) is 5.69 Å². The fourth-order valence-electron chi connectivity index (χ4n) is 1.86. The summed E-state index contributed by atoms with van der Waals surface area (Å²) in [5.41, 5.74) is 9.51. The van der Waals surface area contributed by atoms with Crippen LogP contribution in [0.1, 0.15) is 21.7 Å². The summed E-state index contributed by atoms with van der Waals surface area (Å²) in [6.07, 6.45) is 3.56. The molecule has 0 aliphatic rings. The molecule has 3 N–H and O–H groups in total. The van der Waals surface area contributed by atoms with Crippen molar-refractivity contribution in [2.24, 2.45) is 5.10 Å². The van der Waals surface area contributed by atoms with Crippen molar-refractivity contribution in [1.29, 1.82) is 0 Å². The van der Waals surface area contributed by atoms with Crippen LogP contribution in [-0.2, 0) is 0 Å². The Morgan fingerprint density at radius 1 is 1.54 bits per heavy atom. The monoisotopic (exact) mass is 364 g/mol. The van der Waals surface area contributed by atoms with Gasteiger partial charge in [-0.05, 0) is 34.9 Å². The molecule has 24 heavy (non-hydrogen) atoms. The molecule has 0 radical (unpaired) electrons. The van der Waals surface area contributed by atoms with Gasteiger partial charge in [-0.1, -0.05) is 5.21 Å². The van der Waals surface area contributed by atoms with Gasteiger partial charge < -0.3 is 5.73 Å². The molecule has 0 saturated carbocycles. The molecule has 0 bridgehead atoms. The number of nitrogens with zero attached hydrogens (tertiary/aromatic N) is 6. The first-order chi connectivity index (χ1) is 11.6. The average molecular weight is 364 g/mol. The topological polar surface area (TPSA) is 137 Å². The van der Waals surface area contributed by atoms with Crippen molar-refractivity contribution in [1.82, 2.24) is 30.7 Å². The van der Waals surface area contributed by atoms with E-state index in [1.807, 2.05) is 17.7 Å². The van der Waals surface area contributed by atoms with Crippen molar-refractivity contribution in [2.45, 2.75) is 11.1 Å². The Labute approximate surface area is 144 Å². The van der Waals surface area contributed by atoms with Crippen molar-refractivity contribution < 1.29 is 9.42 Å². The normalized spacial score (nSPS) is 11.2. The van der Waals surface area contributed by atoms with Gasteiger partial charge in [-0.25, -0.2) is 10.1 Å². The smallest absolute Gasteiger partial charge is 0.293 e. The van der Waals surface area contributed by atoms with Crippen LogP contribution in [0.5, 0.6) is 0 Å². The minimum atomic E-state index is -0.494. The second kappa shape index (κ2) is 6.80. The summed E-state index contributed by atoms with van der Waals surface area (Å²) in [4.78, 5) is 12.2. The number of hydrazone groups is 1. The molecule has 12 heteroatoms. The van der Waals surface area contributed by atoms with E-state index in [2.05, 4.69) is 35.8 Å². The van der Waals surface area contributed by atoms with E-state index in [0.717, 1.165) is 9.77 Å². The maximum absolute atomic E-state index is 12.2. The number of hydrogen-bond donors (Lipinski definition) is 2. The highest BCUT2D eigenvalue weighted by Crippen LogP contribution is 2.25. The van der Waals surface area contributed by atoms with E-state index in [1.54, 1.807) is 36.2 Å². The highest BCUT2D eigenvalue weighted by molar-refractivity contribution is 8.00. The summed E-state index contributed by atoms with van der Waals surface area (Å²) in [6.45, 7) is 1.65. The van der Waals surface area contributed by atoms with Crippen molar-refractivity contribution >= 4 is 41.0 Å². The predicted molar refractivity (Wildman–Crippen MR) is 89.5 cm³/mol. The number of aromatic nitrogens is 5. The number of amides is 1. The third kappa shape index (κ3) is 3.00. The number of nitrogen functional groups attached to an aromatic ring is 1. The number of nitrogens with one attached hydrogen (secondary N) is 1. The molecule has 3 aromatic heterocycles. The van der Waals surface area contributed by atoms with E-state index in [9.17, 15) is 4.79 Å². The van der Waals surface area contributed by atoms with Crippen LogP contribution in [0.25, 0.3) is 5.82 Å². The lowest BCUT2D eigenvalue weighted by molar-refractivity contribution is 0.0949. The summed E-state index contributed by atoms with van der Waals surface area (Å²) in [5, 5.41) is 20.6. The van der Waals surface area contributed by atoms with Crippen LogP contribution in [0.3, 0.4) is 0 Å². The number of hydrogen-bond acceptors (Lipinski definition) is 10. The zero-order chi connectivity index (χ0) is 17.1. The number of thioether (sulfide) groups is 1. The Hall–Kier alpha value is -2.73. The maximum Gasteiger partial charge on any atom is 0.293 e. The summed E-state index contributed by atoms with van der Waals surface area (Å²) in [6, 6.07) is 1.92. The van der Waals surface area contributed by atoms with Crippen molar-refractivity contribution in [3.8, 4) is 5.82 Å². The quantitative estimate of drug-likeness (QED) is 0.390. The van der Waals surface area contributed by atoms with Crippen LogP contribution < -0.4 is 11.2 Å². The van der Waals surface area contributed by atoms with Crippen LogP contribution in [0.2, 0.25) is 0 Å². The molecule has 124 valence electrons. The minimum absolute atomic E-state index is 0.0510. The zero-order valence-corrected chi connectivity index (χ0v) is 14.3. The number of carbonyl (C=O) groups is 1. The number of nitrogens with two attached hydrogens (primary N) is 1. The lowest BCUT2D eigenvalue weighted by atomic mass is 10.3. The second-order valence-corrected chi connectivity index (χ2v) is 6.47. The van der Waals surface area contributed by atoms with E-state index in [-0.39, 0.29) is 17.3 Å². The number of rotatable bonds is 5. The average Bonchev–Trinajstić information content (AvgIpc) is 3.27. The Morgan fingerprint density at radius 3 is 3.08 bits per heavy atom. The first-order valence-electron chi connectivity index (χ1n) is 6.57. The van der Waals surface area contributed by atoms with Gasteiger partial charge in [0.1, 0.15) is 0 Å². The van der Waals surface area contributed by atoms with Gasteiger partial charge in [0.05, 0.1) is 16.1 Å². The molecule has 0 aliphatic carbocycles. The number of carbonyl (C=O) groups excluding carboxylic acids is 1. The fourth-order valence-corrected chi connectivity index (χ4v) is 3.36. The van der Waals surface area contributed by atoms with Crippen molar-refractivity contribution in [3.63, 3.8) is 0 Å². The molecule has 1 amide bonds. The summed E-state index contributed by atoms with van der Waals surface area (Å²) < 4.78 is 6.90. The molecule has 10 nitrogen and oxygen atoms in total. The van der Waals surface area contributed by atoms with E-state index < -0.39 is 5.91 Å². The van der Waals surface area contributed by atoms with Gasteiger partial charge in [0.15, 0.2) is 5.69 Å². The minimum Gasteiger partial charge on any atom is -0.378 e. The highest BCUT2D eigenvalue weighted by Gasteiger charge is 2.20.